The van der Waals surface area contributed by atoms with Crippen molar-refractivity contribution < 1.29 is 14.0 Å². The van der Waals surface area contributed by atoms with Crippen molar-refractivity contribution in [1.82, 2.24) is 15.3 Å². The second kappa shape index (κ2) is 6.72. The van der Waals surface area contributed by atoms with E-state index in [2.05, 4.69) is 20.6 Å². The molecule has 2 aromatic heterocycles. The predicted molar refractivity (Wildman–Crippen MR) is 93.0 cm³/mol. The molecule has 1 aromatic carbocycles. The lowest BCUT2D eigenvalue weighted by atomic mass is 10.1. The molecule has 6 nitrogen and oxygen atoms in total. The van der Waals surface area contributed by atoms with Gasteiger partial charge in [0.25, 0.3) is 11.8 Å². The van der Waals surface area contributed by atoms with Crippen LogP contribution in [0.15, 0.2) is 42.7 Å². The molecule has 2 amide bonds. The normalized spacial score (nSPS) is 10.9. The third-order valence-electron chi connectivity index (χ3n) is 3.56. The van der Waals surface area contributed by atoms with Crippen LogP contribution in [0.25, 0.3) is 11.0 Å². The highest BCUT2D eigenvalue weighted by Crippen LogP contribution is 2.21. The van der Waals surface area contributed by atoms with Gasteiger partial charge in [0.05, 0.1) is 17.4 Å². The number of fused-ring (bicyclic) bond motifs is 1. The molecule has 0 bridgehead atoms. The van der Waals surface area contributed by atoms with Crippen molar-refractivity contribution in [2.45, 2.75) is 19.9 Å². The van der Waals surface area contributed by atoms with Crippen molar-refractivity contribution in [3.63, 3.8) is 0 Å². The molecule has 0 fully saturated rings. The summed E-state index contributed by atoms with van der Waals surface area (Å²) >= 11 is 0. The van der Waals surface area contributed by atoms with Crippen molar-refractivity contribution in [1.29, 1.82) is 0 Å². The smallest absolute Gasteiger partial charge is 0.255 e. The number of hydrogen-bond acceptors (Lipinski definition) is 3. The molecule has 0 unspecified atom stereocenters. The minimum Gasteiger partial charge on any atom is -0.350 e. The quantitative estimate of drug-likeness (QED) is 0.682. The SMILES string of the molecule is CC(C)NC(=O)c1c[nH]c2ncc(NC(=O)c3ccc(F)cc3)cc12. The summed E-state index contributed by atoms with van der Waals surface area (Å²) in [6.45, 7) is 3.75. The van der Waals surface area contributed by atoms with Gasteiger partial charge in [0.15, 0.2) is 0 Å². The number of H-pyrrole nitrogens is 1. The summed E-state index contributed by atoms with van der Waals surface area (Å²) in [5, 5.41) is 6.12. The van der Waals surface area contributed by atoms with Crippen LogP contribution in [0.3, 0.4) is 0 Å². The number of nitrogens with one attached hydrogen (secondary N) is 3. The molecule has 0 aliphatic carbocycles. The number of nitrogens with zero attached hydrogens (tertiary/aromatic N) is 1. The Balaban J connectivity index is 1.86. The van der Waals surface area contributed by atoms with E-state index in [0.29, 0.717) is 27.8 Å². The zero-order chi connectivity index (χ0) is 18.0. The number of carbonyl (C=O) groups excluding carboxylic acids is 2. The maximum atomic E-state index is 12.9. The van der Waals surface area contributed by atoms with Gasteiger partial charge < -0.3 is 15.6 Å². The van der Waals surface area contributed by atoms with Gasteiger partial charge in [0.2, 0.25) is 0 Å². The molecular formula is C18H17FN4O2. The lowest BCUT2D eigenvalue weighted by Gasteiger charge is -2.08. The summed E-state index contributed by atoms with van der Waals surface area (Å²) in [6, 6.07) is 6.92. The van der Waals surface area contributed by atoms with Crippen LogP contribution >= 0.6 is 0 Å². The first-order valence-electron chi connectivity index (χ1n) is 7.79. The van der Waals surface area contributed by atoms with Crippen molar-refractivity contribution in [2.75, 3.05) is 5.32 Å². The van der Waals surface area contributed by atoms with Gasteiger partial charge in [-0.1, -0.05) is 0 Å². The van der Waals surface area contributed by atoms with Crippen LogP contribution in [0.2, 0.25) is 0 Å². The second-order valence-corrected chi connectivity index (χ2v) is 5.91. The zero-order valence-corrected chi connectivity index (χ0v) is 13.8. The Bertz CT molecular complexity index is 932. The summed E-state index contributed by atoms with van der Waals surface area (Å²) in [5.41, 5.74) is 1.77. The van der Waals surface area contributed by atoms with Gasteiger partial charge in [-0.2, -0.15) is 0 Å². The number of aromatic amines is 1. The fourth-order valence-corrected chi connectivity index (χ4v) is 2.40. The van der Waals surface area contributed by atoms with E-state index in [1.165, 1.54) is 30.5 Å². The Hall–Kier alpha value is -3.22. The van der Waals surface area contributed by atoms with Crippen molar-refractivity contribution in [3.05, 3.63) is 59.7 Å². The van der Waals surface area contributed by atoms with Crippen molar-refractivity contribution in [3.8, 4) is 0 Å². The van der Waals surface area contributed by atoms with Gasteiger partial charge in [-0.25, -0.2) is 9.37 Å². The molecule has 25 heavy (non-hydrogen) atoms. The van der Waals surface area contributed by atoms with Crippen molar-refractivity contribution in [2.24, 2.45) is 0 Å². The van der Waals surface area contributed by atoms with Crippen LogP contribution < -0.4 is 10.6 Å². The van der Waals surface area contributed by atoms with E-state index < -0.39 is 5.82 Å². The maximum Gasteiger partial charge on any atom is 0.255 e. The minimum absolute atomic E-state index is 0.00627. The number of rotatable bonds is 4. The third kappa shape index (κ3) is 3.65. The molecule has 2 heterocycles. The molecule has 0 radical (unpaired) electrons. The van der Waals surface area contributed by atoms with Crippen LogP contribution in [0.1, 0.15) is 34.6 Å². The number of pyridine rings is 1. The number of benzene rings is 1. The van der Waals surface area contributed by atoms with Crippen LogP contribution in [0, 0.1) is 5.82 Å². The van der Waals surface area contributed by atoms with E-state index in [-0.39, 0.29) is 17.9 Å². The summed E-state index contributed by atoms with van der Waals surface area (Å²) in [6.07, 6.45) is 3.07. The van der Waals surface area contributed by atoms with Gasteiger partial charge in [-0.15, -0.1) is 0 Å². The lowest BCUT2D eigenvalue weighted by Crippen LogP contribution is -2.29. The molecule has 0 spiro atoms. The van der Waals surface area contributed by atoms with Crippen LogP contribution in [-0.2, 0) is 0 Å². The number of carbonyl (C=O) groups is 2. The van der Waals surface area contributed by atoms with Crippen LogP contribution in [-0.4, -0.2) is 27.8 Å². The molecule has 0 saturated carbocycles. The summed E-state index contributed by atoms with van der Waals surface area (Å²) in [7, 11) is 0. The minimum atomic E-state index is -0.409. The van der Waals surface area contributed by atoms with Gasteiger partial charge >= 0.3 is 0 Å². The summed E-state index contributed by atoms with van der Waals surface area (Å²) in [5.74, 6) is -1.01. The third-order valence-corrected chi connectivity index (χ3v) is 3.56. The van der Waals surface area contributed by atoms with E-state index in [0.717, 1.165) is 0 Å². The van der Waals surface area contributed by atoms with Gasteiger partial charge in [0, 0.05) is 23.2 Å². The standard InChI is InChI=1S/C18H17FN4O2/c1-10(2)22-18(25)15-9-21-16-14(15)7-13(8-20-16)23-17(24)11-3-5-12(19)6-4-11/h3-10H,1-2H3,(H,20,21)(H,22,25)(H,23,24). The number of halogens is 1. The molecule has 0 aliphatic rings. The van der Waals surface area contributed by atoms with Crippen molar-refractivity contribution >= 4 is 28.5 Å². The highest BCUT2D eigenvalue weighted by atomic mass is 19.1. The molecule has 0 aliphatic heterocycles. The van der Waals surface area contributed by atoms with Gasteiger partial charge in [-0.05, 0) is 44.2 Å². The molecule has 128 valence electrons. The Morgan fingerprint density at radius 1 is 1.16 bits per heavy atom. The number of amides is 2. The Morgan fingerprint density at radius 2 is 1.88 bits per heavy atom. The average molecular weight is 340 g/mol. The van der Waals surface area contributed by atoms with E-state index in [4.69, 9.17) is 0 Å². The highest BCUT2D eigenvalue weighted by molar-refractivity contribution is 6.08. The van der Waals surface area contributed by atoms with E-state index >= 15 is 0 Å². The van der Waals surface area contributed by atoms with Gasteiger partial charge in [-0.3, -0.25) is 9.59 Å². The molecule has 7 heteroatoms. The monoisotopic (exact) mass is 340 g/mol. The van der Waals surface area contributed by atoms with Crippen LogP contribution in [0.4, 0.5) is 10.1 Å². The Morgan fingerprint density at radius 3 is 2.56 bits per heavy atom. The summed E-state index contributed by atoms with van der Waals surface area (Å²) in [4.78, 5) is 31.6. The first kappa shape index (κ1) is 16.6. The van der Waals surface area contributed by atoms with E-state index in [1.807, 2.05) is 13.8 Å². The predicted octanol–water partition coefficient (Wildman–Crippen LogP) is 3.09. The first-order valence-corrected chi connectivity index (χ1v) is 7.79. The zero-order valence-electron chi connectivity index (χ0n) is 13.8. The molecule has 3 rings (SSSR count). The molecular weight excluding hydrogens is 323 g/mol. The lowest BCUT2D eigenvalue weighted by molar-refractivity contribution is 0.0944. The largest absolute Gasteiger partial charge is 0.350 e. The number of hydrogen-bond donors (Lipinski definition) is 3. The molecule has 3 N–H and O–H groups in total. The Kier molecular flexibility index (Phi) is 4.47. The van der Waals surface area contributed by atoms with E-state index in [1.54, 1.807) is 12.3 Å². The number of aromatic nitrogens is 2. The number of anilines is 1. The first-order chi connectivity index (χ1) is 11.9. The molecule has 0 saturated heterocycles. The van der Waals surface area contributed by atoms with Crippen LogP contribution in [0.5, 0.6) is 0 Å². The highest BCUT2D eigenvalue weighted by Gasteiger charge is 2.15. The fourth-order valence-electron chi connectivity index (χ4n) is 2.40. The topological polar surface area (TPSA) is 86.9 Å². The second-order valence-electron chi connectivity index (χ2n) is 5.91. The summed E-state index contributed by atoms with van der Waals surface area (Å²) < 4.78 is 12.9. The Labute approximate surface area is 143 Å². The molecule has 0 atom stereocenters. The van der Waals surface area contributed by atoms with E-state index in [9.17, 15) is 14.0 Å². The fraction of sp³-hybridized carbons (Fsp3) is 0.167. The average Bonchev–Trinajstić information content (AvgIpc) is 2.98. The maximum absolute atomic E-state index is 12.9. The van der Waals surface area contributed by atoms with Gasteiger partial charge in [0.1, 0.15) is 11.5 Å². The molecule has 3 aromatic rings.